The van der Waals surface area contributed by atoms with Gasteiger partial charge in [-0.15, -0.1) is 10.2 Å². The fraction of sp³-hybridized carbons (Fsp3) is 0.160. The van der Waals surface area contributed by atoms with Gasteiger partial charge in [-0.3, -0.25) is 4.79 Å². The number of nitrogens with one attached hydrogen (secondary N) is 2. The largest absolute Gasteiger partial charge is 0.494 e. The standard InChI is InChI=1S/C25H23N5O2S/c1-2-32-20-15-13-17(14-16-20)21-22(24(31)26-19-11-7-4-8-12-19)33-25-28-27-23(30(25)29-21)18-9-5-3-6-10-18/h3-16,21-22,29H,2H2,1H3,(H,26,31)/t21-,22+/m1/s1. The van der Waals surface area contributed by atoms with Crippen molar-refractivity contribution >= 4 is 23.4 Å². The SMILES string of the molecule is CCOc1ccc([C@H]2Nn3c(nnc3-c3ccccc3)S[C@@H]2C(=O)Nc2ccccc2)cc1. The molecule has 1 amide bonds. The molecule has 0 saturated carbocycles. The highest BCUT2D eigenvalue weighted by atomic mass is 32.2. The van der Waals surface area contributed by atoms with Crippen LogP contribution in [0.1, 0.15) is 18.5 Å². The number of para-hydroxylation sites is 1. The third-order valence-electron chi connectivity index (χ3n) is 5.32. The summed E-state index contributed by atoms with van der Waals surface area (Å²) in [5.74, 6) is 1.40. The van der Waals surface area contributed by atoms with Crippen molar-refractivity contribution in [3.8, 4) is 17.1 Å². The van der Waals surface area contributed by atoms with Gasteiger partial charge in [0.25, 0.3) is 0 Å². The average Bonchev–Trinajstić information content (AvgIpc) is 3.28. The van der Waals surface area contributed by atoms with E-state index in [-0.39, 0.29) is 11.9 Å². The van der Waals surface area contributed by atoms with E-state index >= 15 is 0 Å². The predicted octanol–water partition coefficient (Wildman–Crippen LogP) is 4.74. The van der Waals surface area contributed by atoms with Crippen molar-refractivity contribution in [2.45, 2.75) is 23.4 Å². The van der Waals surface area contributed by atoms with Crippen LogP contribution in [-0.4, -0.2) is 32.6 Å². The summed E-state index contributed by atoms with van der Waals surface area (Å²) in [6.45, 7) is 2.55. The zero-order valence-electron chi connectivity index (χ0n) is 18.0. The van der Waals surface area contributed by atoms with Gasteiger partial charge in [0.2, 0.25) is 11.1 Å². The van der Waals surface area contributed by atoms with Crippen molar-refractivity contribution in [2.24, 2.45) is 0 Å². The molecule has 3 aromatic carbocycles. The fourth-order valence-corrected chi connectivity index (χ4v) is 4.83. The third kappa shape index (κ3) is 4.42. The summed E-state index contributed by atoms with van der Waals surface area (Å²) in [7, 11) is 0. The fourth-order valence-electron chi connectivity index (χ4n) is 3.75. The second-order valence-corrected chi connectivity index (χ2v) is 8.62. The van der Waals surface area contributed by atoms with Crippen LogP contribution in [0.15, 0.2) is 90.1 Å². The second-order valence-electron chi connectivity index (χ2n) is 7.51. The molecule has 33 heavy (non-hydrogen) atoms. The van der Waals surface area contributed by atoms with Crippen molar-refractivity contribution in [3.05, 3.63) is 90.5 Å². The first-order valence-electron chi connectivity index (χ1n) is 10.8. The van der Waals surface area contributed by atoms with Crippen molar-refractivity contribution in [1.29, 1.82) is 0 Å². The predicted molar refractivity (Wildman–Crippen MR) is 130 cm³/mol. The van der Waals surface area contributed by atoms with Gasteiger partial charge in [-0.2, -0.15) is 0 Å². The Balaban J connectivity index is 1.50. The quantitative estimate of drug-likeness (QED) is 0.435. The van der Waals surface area contributed by atoms with Gasteiger partial charge in [-0.1, -0.05) is 72.4 Å². The van der Waals surface area contributed by atoms with Crippen molar-refractivity contribution < 1.29 is 9.53 Å². The number of amides is 1. The molecule has 5 rings (SSSR count). The molecule has 2 N–H and O–H groups in total. The van der Waals surface area contributed by atoms with Gasteiger partial charge in [0.15, 0.2) is 5.82 Å². The van der Waals surface area contributed by atoms with E-state index in [1.807, 2.05) is 96.5 Å². The number of thioether (sulfide) groups is 1. The molecule has 0 bridgehead atoms. The maximum absolute atomic E-state index is 13.4. The second kappa shape index (κ2) is 9.38. The van der Waals surface area contributed by atoms with Gasteiger partial charge in [0, 0.05) is 11.3 Å². The lowest BCUT2D eigenvalue weighted by molar-refractivity contribution is -0.116. The smallest absolute Gasteiger partial charge is 0.240 e. The number of hydrogen-bond donors (Lipinski definition) is 2. The van der Waals surface area contributed by atoms with Crippen LogP contribution < -0.4 is 15.5 Å². The van der Waals surface area contributed by atoms with E-state index in [9.17, 15) is 4.79 Å². The minimum absolute atomic E-state index is 0.104. The molecule has 7 nitrogen and oxygen atoms in total. The Morgan fingerprint density at radius 1 is 1.00 bits per heavy atom. The van der Waals surface area contributed by atoms with Crippen LogP contribution in [0.4, 0.5) is 5.69 Å². The van der Waals surface area contributed by atoms with Gasteiger partial charge < -0.3 is 15.5 Å². The molecule has 0 aliphatic carbocycles. The topological polar surface area (TPSA) is 81.1 Å². The number of ether oxygens (including phenoxy) is 1. The number of nitrogens with zero attached hydrogens (tertiary/aromatic N) is 3. The Bertz CT molecular complexity index is 1230. The number of benzene rings is 3. The van der Waals surface area contributed by atoms with Crippen LogP contribution in [0.25, 0.3) is 11.4 Å². The highest BCUT2D eigenvalue weighted by molar-refractivity contribution is 8.00. The van der Waals surface area contributed by atoms with E-state index in [0.717, 1.165) is 22.6 Å². The van der Waals surface area contributed by atoms with Crippen LogP contribution >= 0.6 is 11.8 Å². The summed E-state index contributed by atoms with van der Waals surface area (Å²) >= 11 is 1.40. The average molecular weight is 458 g/mol. The van der Waals surface area contributed by atoms with E-state index in [1.165, 1.54) is 11.8 Å². The molecule has 8 heteroatoms. The number of rotatable bonds is 6. The molecule has 2 heterocycles. The molecule has 0 unspecified atom stereocenters. The summed E-state index contributed by atoms with van der Waals surface area (Å²) in [5.41, 5.74) is 6.17. The van der Waals surface area contributed by atoms with E-state index in [0.29, 0.717) is 17.6 Å². The molecule has 0 spiro atoms. The van der Waals surface area contributed by atoms with Crippen molar-refractivity contribution in [2.75, 3.05) is 17.3 Å². The zero-order valence-corrected chi connectivity index (χ0v) is 18.8. The number of aromatic nitrogens is 3. The van der Waals surface area contributed by atoms with Gasteiger partial charge in [-0.25, -0.2) is 4.68 Å². The summed E-state index contributed by atoms with van der Waals surface area (Å²) < 4.78 is 7.46. The number of hydrogen-bond acceptors (Lipinski definition) is 6. The molecule has 1 aromatic heterocycles. The molecule has 0 radical (unpaired) electrons. The van der Waals surface area contributed by atoms with E-state index < -0.39 is 5.25 Å². The maximum atomic E-state index is 13.4. The van der Waals surface area contributed by atoms with Crippen LogP contribution in [-0.2, 0) is 4.79 Å². The summed E-state index contributed by atoms with van der Waals surface area (Å²) in [4.78, 5) is 13.4. The summed E-state index contributed by atoms with van der Waals surface area (Å²) in [5, 5.41) is 12.0. The van der Waals surface area contributed by atoms with Crippen LogP contribution in [0.3, 0.4) is 0 Å². The number of anilines is 1. The highest BCUT2D eigenvalue weighted by Crippen LogP contribution is 2.39. The minimum atomic E-state index is -0.455. The first kappa shape index (κ1) is 21.1. The molecular formula is C25H23N5O2S. The summed E-state index contributed by atoms with van der Waals surface area (Å²) in [6, 6.07) is 26.9. The van der Waals surface area contributed by atoms with E-state index in [4.69, 9.17) is 4.74 Å². The molecular weight excluding hydrogens is 434 g/mol. The summed E-state index contributed by atoms with van der Waals surface area (Å²) in [6.07, 6.45) is 0. The lowest BCUT2D eigenvalue weighted by Gasteiger charge is -2.33. The zero-order chi connectivity index (χ0) is 22.6. The van der Waals surface area contributed by atoms with E-state index in [1.54, 1.807) is 0 Å². The Kier molecular flexibility index (Phi) is 5.99. The van der Waals surface area contributed by atoms with Gasteiger partial charge in [0.05, 0.1) is 12.6 Å². The number of fused-ring (bicyclic) bond motifs is 1. The molecule has 2 atom stereocenters. The first-order chi connectivity index (χ1) is 16.2. The Morgan fingerprint density at radius 2 is 1.70 bits per heavy atom. The number of carbonyl (C=O) groups excluding carboxylic acids is 1. The Hall–Kier alpha value is -3.78. The monoisotopic (exact) mass is 457 g/mol. The molecule has 0 saturated heterocycles. The Labute approximate surface area is 196 Å². The normalized spacial score (nSPS) is 17.0. The van der Waals surface area contributed by atoms with Gasteiger partial charge >= 0.3 is 0 Å². The minimum Gasteiger partial charge on any atom is -0.494 e. The van der Waals surface area contributed by atoms with Crippen molar-refractivity contribution in [1.82, 2.24) is 14.9 Å². The molecule has 1 aliphatic heterocycles. The highest BCUT2D eigenvalue weighted by Gasteiger charge is 2.38. The lowest BCUT2D eigenvalue weighted by Crippen LogP contribution is -2.41. The molecule has 1 aliphatic rings. The van der Waals surface area contributed by atoms with Gasteiger partial charge in [0.1, 0.15) is 11.0 Å². The molecule has 0 fully saturated rings. The first-order valence-corrected chi connectivity index (χ1v) is 11.6. The van der Waals surface area contributed by atoms with E-state index in [2.05, 4.69) is 20.9 Å². The molecule has 166 valence electrons. The Morgan fingerprint density at radius 3 is 2.39 bits per heavy atom. The van der Waals surface area contributed by atoms with Crippen molar-refractivity contribution in [3.63, 3.8) is 0 Å². The maximum Gasteiger partial charge on any atom is 0.240 e. The number of carbonyl (C=O) groups is 1. The van der Waals surface area contributed by atoms with Crippen LogP contribution in [0, 0.1) is 0 Å². The molecule has 4 aromatic rings. The van der Waals surface area contributed by atoms with Gasteiger partial charge in [-0.05, 0) is 36.8 Å². The lowest BCUT2D eigenvalue weighted by atomic mass is 10.0. The third-order valence-corrected chi connectivity index (χ3v) is 6.53. The van der Waals surface area contributed by atoms with Crippen LogP contribution in [0.2, 0.25) is 0 Å². The van der Waals surface area contributed by atoms with Crippen LogP contribution in [0.5, 0.6) is 5.75 Å².